The molecule has 3 aromatic heterocycles. The highest BCUT2D eigenvalue weighted by atomic mass is 16.5. The van der Waals surface area contributed by atoms with E-state index in [4.69, 9.17) is 14.5 Å². The summed E-state index contributed by atoms with van der Waals surface area (Å²) in [6.07, 6.45) is 6.52. The fourth-order valence-electron chi connectivity index (χ4n) is 4.15. The Kier molecular flexibility index (Phi) is 8.85. The number of carbonyl (C=O) groups excluding carboxylic acids is 1. The number of fused-ring (bicyclic) bond motifs is 1. The summed E-state index contributed by atoms with van der Waals surface area (Å²) in [4.78, 5) is 33.2. The van der Waals surface area contributed by atoms with Gasteiger partial charge in [0, 0.05) is 55.7 Å². The van der Waals surface area contributed by atoms with Crippen LogP contribution in [0.1, 0.15) is 13.8 Å². The summed E-state index contributed by atoms with van der Waals surface area (Å²) in [6.45, 7) is 9.09. The normalized spacial score (nSPS) is 11.1. The van der Waals surface area contributed by atoms with Crippen LogP contribution < -0.4 is 25.0 Å². The van der Waals surface area contributed by atoms with Gasteiger partial charge in [0.05, 0.1) is 36.0 Å². The lowest BCUT2D eigenvalue weighted by Crippen LogP contribution is -2.29. The third kappa shape index (κ3) is 6.49. The molecule has 40 heavy (non-hydrogen) atoms. The van der Waals surface area contributed by atoms with Crippen molar-refractivity contribution in [3.8, 4) is 22.9 Å². The fraction of sp³-hybridized carbons (Fsp3) is 0.310. The number of hydrogen-bond acceptors (Lipinski definition) is 9. The van der Waals surface area contributed by atoms with E-state index in [1.807, 2.05) is 65.5 Å². The first kappa shape index (κ1) is 28.4. The summed E-state index contributed by atoms with van der Waals surface area (Å²) in [6, 6.07) is 7.45. The summed E-state index contributed by atoms with van der Waals surface area (Å²) < 4.78 is 11.6. The number of amides is 1. The molecular weight excluding hydrogens is 508 g/mol. The van der Waals surface area contributed by atoms with Crippen LogP contribution >= 0.6 is 0 Å². The van der Waals surface area contributed by atoms with E-state index in [0.717, 1.165) is 35.2 Å². The molecule has 0 unspecified atom stereocenters. The topological polar surface area (TPSA) is 121 Å². The van der Waals surface area contributed by atoms with Gasteiger partial charge in [0.1, 0.15) is 11.3 Å². The molecule has 11 heteroatoms. The average molecular weight is 545 g/mol. The minimum atomic E-state index is -0.314. The lowest BCUT2D eigenvalue weighted by molar-refractivity contribution is -0.111. The minimum Gasteiger partial charge on any atom is -0.494 e. The molecule has 0 bridgehead atoms. The Balaban J connectivity index is 1.69. The molecular formula is C29H36N8O3. The lowest BCUT2D eigenvalue weighted by atomic mass is 10.1. The predicted octanol–water partition coefficient (Wildman–Crippen LogP) is 4.68. The molecule has 0 radical (unpaired) electrons. The molecule has 0 aliphatic heterocycles. The maximum atomic E-state index is 12.3. The molecule has 0 spiro atoms. The van der Waals surface area contributed by atoms with E-state index in [9.17, 15) is 4.79 Å². The van der Waals surface area contributed by atoms with E-state index in [2.05, 4.69) is 42.0 Å². The van der Waals surface area contributed by atoms with Gasteiger partial charge in [-0.25, -0.2) is 15.0 Å². The quantitative estimate of drug-likeness (QED) is 0.218. The monoisotopic (exact) mass is 544 g/mol. The molecule has 0 aliphatic carbocycles. The number of anilines is 4. The van der Waals surface area contributed by atoms with Crippen LogP contribution in [0.25, 0.3) is 22.2 Å². The van der Waals surface area contributed by atoms with Crippen LogP contribution in [0.15, 0.2) is 55.5 Å². The molecule has 0 saturated heterocycles. The number of H-pyrrole nitrogens is 1. The first-order valence-electron chi connectivity index (χ1n) is 12.9. The van der Waals surface area contributed by atoms with Crippen molar-refractivity contribution in [3.63, 3.8) is 0 Å². The number of likely N-dealkylation sites (N-methyl/N-ethyl adjacent to an activating group) is 2. The molecule has 4 aromatic rings. The van der Waals surface area contributed by atoms with Crippen LogP contribution in [0.3, 0.4) is 0 Å². The zero-order chi connectivity index (χ0) is 28.8. The number of ether oxygens (including phenoxy) is 2. The average Bonchev–Trinajstić information content (AvgIpc) is 3.37. The molecule has 11 nitrogen and oxygen atoms in total. The molecule has 4 rings (SSSR count). The van der Waals surface area contributed by atoms with Crippen LogP contribution in [0.4, 0.5) is 23.0 Å². The maximum absolute atomic E-state index is 12.3. The lowest BCUT2D eigenvalue weighted by Gasteiger charge is -2.26. The van der Waals surface area contributed by atoms with Gasteiger partial charge in [-0.05, 0) is 52.2 Å². The molecule has 1 aromatic carbocycles. The molecule has 210 valence electrons. The summed E-state index contributed by atoms with van der Waals surface area (Å²) in [5, 5.41) is 7.11. The van der Waals surface area contributed by atoms with Crippen LogP contribution in [0, 0.1) is 0 Å². The largest absolute Gasteiger partial charge is 0.494 e. The van der Waals surface area contributed by atoms with Gasteiger partial charge in [0.2, 0.25) is 17.7 Å². The van der Waals surface area contributed by atoms with Crippen molar-refractivity contribution in [2.45, 2.75) is 20.0 Å². The highest BCUT2D eigenvalue weighted by Crippen LogP contribution is 2.38. The number of methoxy groups -OCH3 is 1. The van der Waals surface area contributed by atoms with Crippen molar-refractivity contribution < 1.29 is 14.3 Å². The Labute approximate surface area is 234 Å². The van der Waals surface area contributed by atoms with Gasteiger partial charge in [0.15, 0.2) is 0 Å². The van der Waals surface area contributed by atoms with Crippen LogP contribution in [-0.4, -0.2) is 78.2 Å². The summed E-state index contributed by atoms with van der Waals surface area (Å²) in [7, 11) is 7.60. The van der Waals surface area contributed by atoms with Gasteiger partial charge in [-0.3, -0.25) is 4.79 Å². The molecule has 0 fully saturated rings. The second-order valence-electron chi connectivity index (χ2n) is 9.79. The highest BCUT2D eigenvalue weighted by molar-refractivity contribution is 6.02. The zero-order valence-corrected chi connectivity index (χ0v) is 23.8. The first-order valence-corrected chi connectivity index (χ1v) is 12.9. The number of rotatable bonds is 12. The third-order valence-electron chi connectivity index (χ3n) is 6.15. The van der Waals surface area contributed by atoms with Crippen LogP contribution in [0.2, 0.25) is 0 Å². The number of carbonyl (C=O) groups is 1. The summed E-state index contributed by atoms with van der Waals surface area (Å²) in [5.41, 5.74) is 4.41. The van der Waals surface area contributed by atoms with Gasteiger partial charge in [0.25, 0.3) is 0 Å². The number of benzene rings is 1. The molecule has 0 saturated carbocycles. The second-order valence-corrected chi connectivity index (χ2v) is 9.79. The maximum Gasteiger partial charge on any atom is 0.247 e. The smallest absolute Gasteiger partial charge is 0.247 e. The van der Waals surface area contributed by atoms with Gasteiger partial charge < -0.3 is 34.9 Å². The Morgan fingerprint density at radius 3 is 2.60 bits per heavy atom. The number of aromatic amines is 1. The SMILES string of the molecule is C=CC(=O)Nc1cc(Nc2nccc(-c3c[nH]c4c(OC(C)C)nccc34)n2)c(OC)cc1N(C)CCN(C)C. The Morgan fingerprint density at radius 1 is 1.12 bits per heavy atom. The summed E-state index contributed by atoms with van der Waals surface area (Å²) in [5.74, 6) is 1.17. The number of pyridine rings is 1. The minimum absolute atomic E-state index is 0.00463. The molecule has 1 amide bonds. The van der Waals surface area contributed by atoms with Crippen molar-refractivity contribution in [2.75, 3.05) is 56.9 Å². The zero-order valence-electron chi connectivity index (χ0n) is 23.8. The number of hydrogen-bond donors (Lipinski definition) is 3. The fourth-order valence-corrected chi connectivity index (χ4v) is 4.15. The molecule has 0 aliphatic rings. The van der Waals surface area contributed by atoms with Crippen molar-refractivity contribution in [1.29, 1.82) is 0 Å². The van der Waals surface area contributed by atoms with Crippen molar-refractivity contribution in [2.24, 2.45) is 0 Å². The van der Waals surface area contributed by atoms with E-state index in [1.54, 1.807) is 19.5 Å². The van der Waals surface area contributed by atoms with E-state index in [0.29, 0.717) is 34.6 Å². The molecule has 3 N–H and O–H groups in total. The summed E-state index contributed by atoms with van der Waals surface area (Å²) >= 11 is 0. The van der Waals surface area contributed by atoms with Crippen molar-refractivity contribution in [3.05, 3.63) is 55.5 Å². The van der Waals surface area contributed by atoms with Crippen molar-refractivity contribution in [1.82, 2.24) is 24.8 Å². The van der Waals surface area contributed by atoms with Gasteiger partial charge >= 0.3 is 0 Å². The van der Waals surface area contributed by atoms with Gasteiger partial charge in [-0.1, -0.05) is 6.58 Å². The van der Waals surface area contributed by atoms with Crippen molar-refractivity contribution >= 4 is 39.8 Å². The number of nitrogens with one attached hydrogen (secondary N) is 3. The first-order chi connectivity index (χ1) is 19.2. The van der Waals surface area contributed by atoms with E-state index >= 15 is 0 Å². The molecule has 3 heterocycles. The Bertz CT molecular complexity index is 1500. The Morgan fingerprint density at radius 2 is 1.90 bits per heavy atom. The highest BCUT2D eigenvalue weighted by Gasteiger charge is 2.18. The number of nitrogens with zero attached hydrogens (tertiary/aromatic N) is 5. The van der Waals surface area contributed by atoms with E-state index in [1.165, 1.54) is 6.08 Å². The Hall–Kier alpha value is -4.64. The van der Waals surface area contributed by atoms with E-state index in [-0.39, 0.29) is 12.0 Å². The van der Waals surface area contributed by atoms with Crippen LogP contribution in [0.5, 0.6) is 11.6 Å². The van der Waals surface area contributed by atoms with Gasteiger partial charge in [-0.2, -0.15) is 0 Å². The van der Waals surface area contributed by atoms with Crippen LogP contribution in [-0.2, 0) is 4.79 Å². The predicted molar refractivity (Wildman–Crippen MR) is 160 cm³/mol. The van der Waals surface area contributed by atoms with Gasteiger partial charge in [-0.15, -0.1) is 0 Å². The third-order valence-corrected chi connectivity index (χ3v) is 6.15. The number of aromatic nitrogens is 4. The second kappa shape index (κ2) is 12.5. The standard InChI is InChI=1S/C29H36N8O3/c1-8-26(38)33-22-15-23(25(39-7)16-24(22)37(6)14-13-36(4)5)35-29-31-12-10-21(34-29)20-17-32-27-19(20)9-11-30-28(27)40-18(2)3/h8-12,15-18,32H,1,13-14H2,2-7H3,(H,33,38)(H,31,34,35). The van der Waals surface area contributed by atoms with E-state index < -0.39 is 0 Å². The molecule has 0 atom stereocenters.